The van der Waals surface area contributed by atoms with Crippen LogP contribution in [0.2, 0.25) is 0 Å². The van der Waals surface area contributed by atoms with Crippen LogP contribution in [0, 0.1) is 0 Å². The van der Waals surface area contributed by atoms with Crippen molar-refractivity contribution in [2.24, 2.45) is 0 Å². The molecule has 1 rings (SSSR count). The summed E-state index contributed by atoms with van der Waals surface area (Å²) in [5.74, 6) is -0.816. The molecule has 15 heavy (non-hydrogen) atoms. The molecule has 2 N–H and O–H groups in total. The van der Waals surface area contributed by atoms with E-state index in [0.717, 1.165) is 32.6 Å². The Hall–Kier alpha value is -0.870. The van der Waals surface area contributed by atoms with Crippen molar-refractivity contribution < 1.29 is 9.90 Å². The van der Waals surface area contributed by atoms with Crippen molar-refractivity contribution in [3.05, 3.63) is 11.6 Å². The lowest BCUT2D eigenvalue weighted by atomic mass is 10.2. The van der Waals surface area contributed by atoms with Crippen molar-refractivity contribution in [3.63, 3.8) is 0 Å². The van der Waals surface area contributed by atoms with Crippen LogP contribution in [0.1, 0.15) is 20.3 Å². The fourth-order valence-corrected chi connectivity index (χ4v) is 1.75. The number of aliphatic carboxylic acids is 1. The van der Waals surface area contributed by atoms with E-state index < -0.39 is 5.97 Å². The molecule has 86 valence electrons. The minimum Gasteiger partial charge on any atom is -0.478 e. The summed E-state index contributed by atoms with van der Waals surface area (Å²) in [6.07, 6.45) is 2.62. The van der Waals surface area contributed by atoms with E-state index in [-0.39, 0.29) is 0 Å². The molecule has 4 heteroatoms. The minimum absolute atomic E-state index is 0.442. The van der Waals surface area contributed by atoms with E-state index in [9.17, 15) is 4.79 Å². The van der Waals surface area contributed by atoms with Gasteiger partial charge in [-0.2, -0.15) is 0 Å². The highest BCUT2D eigenvalue weighted by molar-refractivity contribution is 5.85. The molecule has 0 aromatic rings. The van der Waals surface area contributed by atoms with Crippen molar-refractivity contribution in [3.8, 4) is 0 Å². The zero-order chi connectivity index (χ0) is 11.3. The Bertz CT molecular complexity index is 251. The predicted molar refractivity (Wildman–Crippen MR) is 59.9 cm³/mol. The van der Waals surface area contributed by atoms with Gasteiger partial charge in [-0.1, -0.05) is 6.08 Å². The molecule has 1 fully saturated rings. The average Bonchev–Trinajstić information content (AvgIpc) is 2.20. The zero-order valence-electron chi connectivity index (χ0n) is 9.49. The maximum absolute atomic E-state index is 10.6. The summed E-state index contributed by atoms with van der Waals surface area (Å²) >= 11 is 0. The summed E-state index contributed by atoms with van der Waals surface area (Å²) < 4.78 is 0. The Balaban J connectivity index is 2.30. The summed E-state index contributed by atoms with van der Waals surface area (Å²) in [4.78, 5) is 12.9. The molecule has 4 nitrogen and oxygen atoms in total. The second kappa shape index (κ2) is 5.88. The summed E-state index contributed by atoms with van der Waals surface area (Å²) in [5, 5.41) is 12.0. The van der Waals surface area contributed by atoms with Gasteiger partial charge in [0.05, 0.1) is 0 Å². The molecular weight excluding hydrogens is 192 g/mol. The first-order valence-electron chi connectivity index (χ1n) is 5.46. The zero-order valence-corrected chi connectivity index (χ0v) is 9.49. The number of nitrogens with zero attached hydrogens (tertiary/aromatic N) is 1. The third-order valence-corrected chi connectivity index (χ3v) is 2.84. The van der Waals surface area contributed by atoms with Crippen molar-refractivity contribution in [2.45, 2.75) is 26.3 Å². The molecule has 0 aromatic carbocycles. The van der Waals surface area contributed by atoms with Crippen LogP contribution in [0.15, 0.2) is 11.6 Å². The van der Waals surface area contributed by atoms with Gasteiger partial charge in [-0.3, -0.25) is 4.90 Å². The standard InChI is InChI=1S/C11H20N2O2/c1-9(11(14)15)4-3-6-13-7-5-12-8-10(13)2/h4,10,12H,3,5-8H2,1-2H3,(H,14,15). The summed E-state index contributed by atoms with van der Waals surface area (Å²) in [6.45, 7) is 7.91. The monoisotopic (exact) mass is 212 g/mol. The van der Waals surface area contributed by atoms with Gasteiger partial charge in [0.15, 0.2) is 0 Å². The topological polar surface area (TPSA) is 52.6 Å². The maximum atomic E-state index is 10.6. The number of carboxylic acids is 1. The van der Waals surface area contributed by atoms with E-state index >= 15 is 0 Å². The van der Waals surface area contributed by atoms with Gasteiger partial charge in [-0.05, 0) is 20.3 Å². The molecule has 0 bridgehead atoms. The van der Waals surface area contributed by atoms with Crippen LogP contribution in [0.4, 0.5) is 0 Å². The van der Waals surface area contributed by atoms with E-state index in [1.807, 2.05) is 0 Å². The van der Waals surface area contributed by atoms with Crippen LogP contribution in [-0.2, 0) is 4.79 Å². The van der Waals surface area contributed by atoms with Crippen LogP contribution in [0.5, 0.6) is 0 Å². The molecule has 0 radical (unpaired) electrons. The molecule has 0 spiro atoms. The van der Waals surface area contributed by atoms with Crippen LogP contribution in [0.25, 0.3) is 0 Å². The summed E-state index contributed by atoms with van der Waals surface area (Å²) in [6, 6.07) is 0.553. The Morgan fingerprint density at radius 2 is 2.40 bits per heavy atom. The van der Waals surface area contributed by atoms with Gasteiger partial charge in [-0.15, -0.1) is 0 Å². The first kappa shape index (κ1) is 12.2. The molecule has 0 saturated carbocycles. The van der Waals surface area contributed by atoms with E-state index in [4.69, 9.17) is 5.11 Å². The first-order valence-corrected chi connectivity index (χ1v) is 5.46. The number of rotatable bonds is 4. The van der Waals surface area contributed by atoms with Crippen molar-refractivity contribution >= 4 is 5.97 Å². The molecule has 0 amide bonds. The van der Waals surface area contributed by atoms with Gasteiger partial charge in [0.25, 0.3) is 0 Å². The molecule has 1 unspecified atom stereocenters. The third-order valence-electron chi connectivity index (χ3n) is 2.84. The molecule has 1 atom stereocenters. The molecule has 1 saturated heterocycles. The molecule has 0 aromatic heterocycles. The Labute approximate surface area is 91.0 Å². The maximum Gasteiger partial charge on any atom is 0.330 e. The van der Waals surface area contributed by atoms with E-state index in [2.05, 4.69) is 17.1 Å². The first-order chi connectivity index (χ1) is 7.11. The van der Waals surface area contributed by atoms with E-state index in [0.29, 0.717) is 11.6 Å². The summed E-state index contributed by atoms with van der Waals surface area (Å²) in [5.41, 5.74) is 0.442. The van der Waals surface area contributed by atoms with Crippen LogP contribution in [-0.4, -0.2) is 48.2 Å². The average molecular weight is 212 g/mol. The van der Waals surface area contributed by atoms with Crippen LogP contribution in [0.3, 0.4) is 0 Å². The van der Waals surface area contributed by atoms with Gasteiger partial charge in [0, 0.05) is 37.8 Å². The fourth-order valence-electron chi connectivity index (χ4n) is 1.75. The highest BCUT2D eigenvalue weighted by Gasteiger charge is 2.16. The van der Waals surface area contributed by atoms with Crippen LogP contribution < -0.4 is 5.32 Å². The minimum atomic E-state index is -0.816. The predicted octanol–water partition coefficient (Wildman–Crippen LogP) is 0.701. The molecule has 1 aliphatic rings. The van der Waals surface area contributed by atoms with Gasteiger partial charge < -0.3 is 10.4 Å². The van der Waals surface area contributed by atoms with Gasteiger partial charge in [0.1, 0.15) is 0 Å². The van der Waals surface area contributed by atoms with Crippen molar-refractivity contribution in [1.29, 1.82) is 0 Å². The lowest BCUT2D eigenvalue weighted by Gasteiger charge is -2.33. The molecule has 1 heterocycles. The molecular formula is C11H20N2O2. The fraction of sp³-hybridized carbons (Fsp3) is 0.727. The van der Waals surface area contributed by atoms with Crippen LogP contribution >= 0.6 is 0 Å². The van der Waals surface area contributed by atoms with Crippen molar-refractivity contribution in [1.82, 2.24) is 10.2 Å². The van der Waals surface area contributed by atoms with Gasteiger partial charge in [0.2, 0.25) is 0 Å². The second-order valence-corrected chi connectivity index (χ2v) is 4.07. The highest BCUT2D eigenvalue weighted by atomic mass is 16.4. The third kappa shape index (κ3) is 4.01. The Kier molecular flexibility index (Phi) is 4.78. The number of hydrogen-bond donors (Lipinski definition) is 2. The number of nitrogens with one attached hydrogen (secondary N) is 1. The quantitative estimate of drug-likeness (QED) is 0.674. The second-order valence-electron chi connectivity index (χ2n) is 4.07. The van der Waals surface area contributed by atoms with Gasteiger partial charge in [-0.25, -0.2) is 4.79 Å². The molecule has 0 aliphatic carbocycles. The highest BCUT2D eigenvalue weighted by Crippen LogP contribution is 2.04. The Morgan fingerprint density at radius 3 is 3.00 bits per heavy atom. The lowest BCUT2D eigenvalue weighted by Crippen LogP contribution is -2.49. The number of hydrogen-bond acceptors (Lipinski definition) is 3. The smallest absolute Gasteiger partial charge is 0.330 e. The summed E-state index contributed by atoms with van der Waals surface area (Å²) in [7, 11) is 0. The number of carbonyl (C=O) groups is 1. The molecule has 1 aliphatic heterocycles. The Morgan fingerprint density at radius 1 is 1.67 bits per heavy atom. The number of carboxylic acid groups (broad SMARTS) is 1. The van der Waals surface area contributed by atoms with E-state index in [1.165, 1.54) is 0 Å². The normalized spacial score (nSPS) is 24.1. The largest absolute Gasteiger partial charge is 0.478 e. The van der Waals surface area contributed by atoms with Crippen molar-refractivity contribution in [2.75, 3.05) is 26.2 Å². The van der Waals surface area contributed by atoms with E-state index in [1.54, 1.807) is 13.0 Å². The van der Waals surface area contributed by atoms with Gasteiger partial charge >= 0.3 is 5.97 Å². The lowest BCUT2D eigenvalue weighted by molar-refractivity contribution is -0.132. The SMILES string of the molecule is CC(=CCCN1CCNCC1C)C(=O)O. The number of piperazine rings is 1.